The Kier molecular flexibility index (Phi) is 3.24. The largest absolute Gasteiger partial charge is 0.288 e. The van der Waals surface area contributed by atoms with E-state index in [4.69, 9.17) is 0 Å². The van der Waals surface area contributed by atoms with Crippen LogP contribution in [0.1, 0.15) is 21.5 Å². The van der Waals surface area contributed by atoms with Gasteiger partial charge < -0.3 is 0 Å². The Balaban J connectivity index is 2.13. The molecule has 1 heterocycles. The summed E-state index contributed by atoms with van der Waals surface area (Å²) in [6.45, 7) is 0. The fraction of sp³-hybridized carbons (Fsp3) is 0. The van der Waals surface area contributed by atoms with Crippen molar-refractivity contribution in [3.05, 3.63) is 69.7 Å². The average molecular weight is 328 g/mol. The predicted octanol–water partition coefficient (Wildman–Crippen LogP) is 3.26. The lowest BCUT2D eigenvalue weighted by Crippen LogP contribution is -2.36. The molecule has 0 aliphatic carbocycles. The number of carbonyl (C=O) groups excluding carboxylic acids is 2. The maximum absolute atomic E-state index is 12.0. The molecule has 20 heavy (non-hydrogen) atoms. The lowest BCUT2D eigenvalue weighted by Gasteiger charge is -2.18. The number of halogens is 1. The Morgan fingerprint density at radius 2 is 1.50 bits per heavy atom. The lowest BCUT2D eigenvalue weighted by atomic mass is 9.93. The van der Waals surface area contributed by atoms with Crippen molar-refractivity contribution in [1.29, 1.82) is 0 Å². The van der Waals surface area contributed by atoms with E-state index in [0.717, 1.165) is 10.0 Å². The highest BCUT2D eigenvalue weighted by Crippen LogP contribution is 2.26. The van der Waals surface area contributed by atoms with E-state index in [0.29, 0.717) is 16.7 Å². The molecule has 2 aromatic rings. The SMILES string of the molecule is O=C1NC(=O)c2ccccc2C1=Cc1ccc(Br)cc1. The summed E-state index contributed by atoms with van der Waals surface area (Å²) < 4.78 is 0.975. The fourth-order valence-electron chi connectivity index (χ4n) is 2.15. The molecule has 0 saturated carbocycles. The van der Waals surface area contributed by atoms with Crippen LogP contribution in [0.3, 0.4) is 0 Å². The molecule has 0 radical (unpaired) electrons. The van der Waals surface area contributed by atoms with Gasteiger partial charge >= 0.3 is 0 Å². The van der Waals surface area contributed by atoms with Gasteiger partial charge in [-0.2, -0.15) is 0 Å². The molecule has 2 aromatic carbocycles. The molecule has 0 fully saturated rings. The van der Waals surface area contributed by atoms with Gasteiger partial charge in [-0.05, 0) is 35.4 Å². The minimum Gasteiger partial charge on any atom is -0.288 e. The normalized spacial score (nSPS) is 15.9. The van der Waals surface area contributed by atoms with Gasteiger partial charge in [-0.1, -0.05) is 46.3 Å². The van der Waals surface area contributed by atoms with Gasteiger partial charge in [-0.15, -0.1) is 0 Å². The Hall–Kier alpha value is -2.20. The lowest BCUT2D eigenvalue weighted by molar-refractivity contribution is -0.114. The van der Waals surface area contributed by atoms with E-state index < -0.39 is 0 Å². The summed E-state index contributed by atoms with van der Waals surface area (Å²) in [5.74, 6) is -0.713. The van der Waals surface area contributed by atoms with E-state index in [9.17, 15) is 9.59 Å². The topological polar surface area (TPSA) is 46.2 Å². The number of imide groups is 1. The van der Waals surface area contributed by atoms with Crippen LogP contribution in [0.2, 0.25) is 0 Å². The van der Waals surface area contributed by atoms with E-state index in [1.54, 1.807) is 24.3 Å². The second kappa shape index (κ2) is 5.06. The standard InChI is InChI=1S/C16H10BrNO2/c17-11-7-5-10(6-8-11)9-14-12-3-1-2-4-13(12)15(19)18-16(14)20/h1-9H,(H,18,19,20). The van der Waals surface area contributed by atoms with Crippen LogP contribution in [0.4, 0.5) is 0 Å². The monoisotopic (exact) mass is 327 g/mol. The number of amides is 2. The molecule has 0 aromatic heterocycles. The summed E-state index contributed by atoms with van der Waals surface area (Å²) in [7, 11) is 0. The second-order valence-corrected chi connectivity index (χ2v) is 5.35. The number of carbonyl (C=O) groups is 2. The quantitative estimate of drug-likeness (QED) is 0.645. The molecule has 0 saturated heterocycles. The van der Waals surface area contributed by atoms with Gasteiger partial charge in [0.15, 0.2) is 0 Å². The van der Waals surface area contributed by atoms with Crippen molar-refractivity contribution in [1.82, 2.24) is 5.32 Å². The molecule has 98 valence electrons. The van der Waals surface area contributed by atoms with Crippen LogP contribution in [0.15, 0.2) is 53.0 Å². The highest BCUT2D eigenvalue weighted by Gasteiger charge is 2.26. The Morgan fingerprint density at radius 1 is 0.850 bits per heavy atom. The number of benzene rings is 2. The van der Waals surface area contributed by atoms with Gasteiger partial charge in [-0.25, -0.2) is 0 Å². The van der Waals surface area contributed by atoms with Crippen LogP contribution in [-0.2, 0) is 4.79 Å². The van der Waals surface area contributed by atoms with Crippen LogP contribution >= 0.6 is 15.9 Å². The molecule has 3 rings (SSSR count). The highest BCUT2D eigenvalue weighted by atomic mass is 79.9. The first-order valence-electron chi connectivity index (χ1n) is 6.07. The first kappa shape index (κ1) is 12.8. The number of nitrogens with one attached hydrogen (secondary N) is 1. The summed E-state index contributed by atoms with van der Waals surface area (Å²) in [5, 5.41) is 2.36. The zero-order valence-corrected chi connectivity index (χ0v) is 12.0. The van der Waals surface area contributed by atoms with Crippen LogP contribution < -0.4 is 5.32 Å². The average Bonchev–Trinajstić information content (AvgIpc) is 2.45. The molecular weight excluding hydrogens is 318 g/mol. The van der Waals surface area contributed by atoms with Crippen molar-refractivity contribution >= 4 is 39.4 Å². The molecule has 0 atom stereocenters. The van der Waals surface area contributed by atoms with Crippen molar-refractivity contribution in [3.8, 4) is 0 Å². The van der Waals surface area contributed by atoms with E-state index >= 15 is 0 Å². The molecule has 0 bridgehead atoms. The summed E-state index contributed by atoms with van der Waals surface area (Å²) in [6.07, 6.45) is 1.78. The van der Waals surface area contributed by atoms with Gasteiger partial charge in [0.05, 0.1) is 0 Å². The number of hydrogen-bond acceptors (Lipinski definition) is 2. The number of hydrogen-bond donors (Lipinski definition) is 1. The highest BCUT2D eigenvalue weighted by molar-refractivity contribution is 9.10. The summed E-state index contributed by atoms with van der Waals surface area (Å²) >= 11 is 3.37. The zero-order chi connectivity index (χ0) is 14.1. The Bertz CT molecular complexity index is 732. The van der Waals surface area contributed by atoms with Crippen LogP contribution in [-0.4, -0.2) is 11.8 Å². The van der Waals surface area contributed by atoms with Crippen molar-refractivity contribution in [2.75, 3.05) is 0 Å². The third kappa shape index (κ3) is 2.30. The van der Waals surface area contributed by atoms with Gasteiger partial charge in [0.2, 0.25) is 0 Å². The Morgan fingerprint density at radius 3 is 2.20 bits per heavy atom. The molecular formula is C16H10BrNO2. The van der Waals surface area contributed by atoms with Crippen molar-refractivity contribution in [2.24, 2.45) is 0 Å². The summed E-state index contributed by atoms with van der Waals surface area (Å²) in [5.41, 5.74) is 2.60. The van der Waals surface area contributed by atoms with Crippen molar-refractivity contribution in [3.63, 3.8) is 0 Å². The Labute approximate surface area is 124 Å². The summed E-state index contributed by atoms with van der Waals surface area (Å²) in [6, 6.07) is 14.7. The zero-order valence-electron chi connectivity index (χ0n) is 10.4. The fourth-order valence-corrected chi connectivity index (χ4v) is 2.41. The van der Waals surface area contributed by atoms with Gasteiger partial charge in [-0.3, -0.25) is 14.9 Å². The van der Waals surface area contributed by atoms with Gasteiger partial charge in [0, 0.05) is 15.6 Å². The van der Waals surface area contributed by atoms with Crippen LogP contribution in [0, 0.1) is 0 Å². The molecule has 4 heteroatoms. The van der Waals surface area contributed by atoms with Crippen molar-refractivity contribution in [2.45, 2.75) is 0 Å². The molecule has 1 aliphatic heterocycles. The second-order valence-electron chi connectivity index (χ2n) is 4.44. The minimum atomic E-state index is -0.364. The molecule has 2 amide bonds. The minimum absolute atomic E-state index is 0.349. The molecule has 1 aliphatic rings. The van der Waals surface area contributed by atoms with E-state index in [-0.39, 0.29) is 11.8 Å². The van der Waals surface area contributed by atoms with Gasteiger partial charge in [0.25, 0.3) is 11.8 Å². The third-order valence-electron chi connectivity index (χ3n) is 3.11. The third-order valence-corrected chi connectivity index (χ3v) is 3.64. The first-order valence-corrected chi connectivity index (χ1v) is 6.87. The van der Waals surface area contributed by atoms with Crippen LogP contribution in [0.25, 0.3) is 11.6 Å². The molecule has 0 spiro atoms. The van der Waals surface area contributed by atoms with Crippen LogP contribution in [0.5, 0.6) is 0 Å². The molecule has 1 N–H and O–H groups in total. The smallest absolute Gasteiger partial charge is 0.258 e. The van der Waals surface area contributed by atoms with E-state index in [2.05, 4.69) is 21.2 Å². The van der Waals surface area contributed by atoms with E-state index in [1.165, 1.54) is 0 Å². The number of fused-ring (bicyclic) bond motifs is 1. The van der Waals surface area contributed by atoms with Gasteiger partial charge in [0.1, 0.15) is 0 Å². The maximum Gasteiger partial charge on any atom is 0.258 e. The number of rotatable bonds is 1. The maximum atomic E-state index is 12.0. The summed E-state index contributed by atoms with van der Waals surface area (Å²) in [4.78, 5) is 23.8. The van der Waals surface area contributed by atoms with Crippen molar-refractivity contribution < 1.29 is 9.59 Å². The first-order chi connectivity index (χ1) is 9.65. The predicted molar refractivity (Wildman–Crippen MR) is 80.9 cm³/mol. The molecule has 3 nitrogen and oxygen atoms in total. The van der Waals surface area contributed by atoms with E-state index in [1.807, 2.05) is 30.3 Å². The molecule has 0 unspecified atom stereocenters.